The van der Waals surface area contributed by atoms with Crippen molar-refractivity contribution in [3.63, 3.8) is 0 Å². The van der Waals surface area contributed by atoms with Crippen LogP contribution in [0.4, 0.5) is 5.13 Å². The van der Waals surface area contributed by atoms with E-state index in [4.69, 9.17) is 34.0 Å². The van der Waals surface area contributed by atoms with Gasteiger partial charge in [-0.05, 0) is 37.9 Å². The summed E-state index contributed by atoms with van der Waals surface area (Å²) in [4.78, 5) is -0.492. The van der Waals surface area contributed by atoms with Gasteiger partial charge in [0.2, 0.25) is 5.13 Å². The van der Waals surface area contributed by atoms with Gasteiger partial charge in [-0.25, -0.2) is 5.01 Å². The Morgan fingerprint density at radius 3 is 2.55 bits per heavy atom. The molecular weight excluding hydrogens is 445 g/mol. The molecule has 1 aliphatic heterocycles. The number of rotatable bonds is 6. The number of benzene rings is 2. The summed E-state index contributed by atoms with van der Waals surface area (Å²) in [5.41, 5.74) is 7.83. The molecule has 3 aromatic rings. The van der Waals surface area contributed by atoms with Crippen molar-refractivity contribution in [2.24, 2.45) is 10.8 Å². The summed E-state index contributed by atoms with van der Waals surface area (Å²) in [7, 11) is 0. The molecule has 5 nitrogen and oxygen atoms in total. The van der Waals surface area contributed by atoms with Gasteiger partial charge >= 0.3 is 0 Å². The first-order chi connectivity index (χ1) is 14.0. The third-order valence-electron chi connectivity index (χ3n) is 4.62. The van der Waals surface area contributed by atoms with E-state index >= 15 is 0 Å². The number of halogens is 2. The van der Waals surface area contributed by atoms with Crippen LogP contribution in [0.3, 0.4) is 0 Å². The number of hydrogen-bond acceptors (Lipinski definition) is 7. The predicted octanol–water partition coefficient (Wildman–Crippen LogP) is 5.66. The van der Waals surface area contributed by atoms with E-state index in [9.17, 15) is 0 Å². The van der Waals surface area contributed by atoms with Gasteiger partial charge in [-0.15, -0.1) is 10.2 Å². The maximum atomic E-state index is 6.52. The van der Waals surface area contributed by atoms with Crippen molar-refractivity contribution in [1.29, 1.82) is 0 Å². The third-order valence-corrected chi connectivity index (χ3v) is 7.70. The topological polar surface area (TPSA) is 67.4 Å². The molecule has 0 saturated carbocycles. The monoisotopic (exact) mass is 463 g/mol. The highest BCUT2D eigenvalue weighted by atomic mass is 35.5. The molecule has 2 aromatic carbocycles. The van der Waals surface area contributed by atoms with Crippen molar-refractivity contribution in [3.05, 3.63) is 74.7 Å². The lowest BCUT2D eigenvalue weighted by atomic mass is 10.0. The molecule has 150 valence electrons. The maximum Gasteiger partial charge on any atom is 0.230 e. The second-order valence-corrected chi connectivity index (χ2v) is 9.78. The number of anilines is 1. The molecule has 0 bridgehead atoms. The normalized spacial score (nSPS) is 18.9. The van der Waals surface area contributed by atoms with Gasteiger partial charge < -0.3 is 5.73 Å². The van der Waals surface area contributed by atoms with Gasteiger partial charge in [0.15, 0.2) is 0 Å². The number of hydrazone groups is 1. The Hall–Kier alpha value is -1.64. The van der Waals surface area contributed by atoms with E-state index in [0.29, 0.717) is 16.6 Å². The van der Waals surface area contributed by atoms with Crippen LogP contribution < -0.4 is 10.7 Å². The fourth-order valence-electron chi connectivity index (χ4n) is 3.26. The minimum atomic E-state index is -0.492. The van der Waals surface area contributed by atoms with Crippen molar-refractivity contribution >= 4 is 56.5 Å². The van der Waals surface area contributed by atoms with Gasteiger partial charge in [0.05, 0.1) is 10.0 Å². The van der Waals surface area contributed by atoms with E-state index in [2.05, 4.69) is 22.3 Å². The molecule has 1 atom stereocenters. The Morgan fingerprint density at radius 1 is 1.07 bits per heavy atom. The number of hydrogen-bond donors (Lipinski definition) is 1. The minimum Gasteiger partial charge on any atom is -0.330 e. The standard InChI is InChI=1S/C20H19Cl2N5S2/c1-13-24-25-19(28-13)27-20(11-6-12-23,14-7-3-2-4-8-14)29-18(26-27)15-9-5-10-16(21)17(15)22/h2-5,7-10H,6,11-12,23H2,1H3. The van der Waals surface area contributed by atoms with Crippen molar-refractivity contribution in [3.8, 4) is 0 Å². The molecule has 0 aliphatic carbocycles. The van der Waals surface area contributed by atoms with Gasteiger partial charge in [-0.2, -0.15) is 5.10 Å². The van der Waals surface area contributed by atoms with Crippen LogP contribution in [0.2, 0.25) is 10.0 Å². The molecule has 29 heavy (non-hydrogen) atoms. The van der Waals surface area contributed by atoms with Crippen LogP contribution in [0.25, 0.3) is 0 Å². The minimum absolute atomic E-state index is 0.492. The van der Waals surface area contributed by atoms with Gasteiger partial charge in [0, 0.05) is 5.56 Å². The van der Waals surface area contributed by atoms with Gasteiger partial charge in [-0.3, -0.25) is 0 Å². The van der Waals surface area contributed by atoms with Crippen LogP contribution in [-0.2, 0) is 4.87 Å². The third kappa shape index (κ3) is 3.90. The molecular formula is C20H19Cl2N5S2. The van der Waals surface area contributed by atoms with Crippen LogP contribution in [0.1, 0.15) is 29.0 Å². The Bertz CT molecular complexity index is 1040. The molecule has 2 N–H and O–H groups in total. The quantitative estimate of drug-likeness (QED) is 0.510. The second-order valence-electron chi connectivity index (χ2n) is 6.57. The first-order valence-corrected chi connectivity index (χ1v) is 11.5. The number of nitrogens with two attached hydrogens (primary N) is 1. The molecule has 4 rings (SSSR count). The van der Waals surface area contributed by atoms with Gasteiger partial charge in [0.25, 0.3) is 0 Å². The van der Waals surface area contributed by atoms with Gasteiger partial charge in [-0.1, -0.05) is 88.8 Å². The van der Waals surface area contributed by atoms with Crippen molar-refractivity contribution in [1.82, 2.24) is 10.2 Å². The maximum absolute atomic E-state index is 6.52. The molecule has 0 amide bonds. The molecule has 0 radical (unpaired) electrons. The molecule has 1 aromatic heterocycles. The number of thioether (sulfide) groups is 1. The second kappa shape index (κ2) is 8.62. The Morgan fingerprint density at radius 2 is 1.86 bits per heavy atom. The molecule has 0 fully saturated rings. The Balaban J connectivity index is 1.88. The van der Waals surface area contributed by atoms with Crippen LogP contribution in [0.5, 0.6) is 0 Å². The van der Waals surface area contributed by atoms with Crippen LogP contribution >= 0.6 is 46.3 Å². The summed E-state index contributed by atoms with van der Waals surface area (Å²) in [6, 6.07) is 15.9. The zero-order valence-corrected chi connectivity index (χ0v) is 18.8. The molecule has 9 heteroatoms. The zero-order valence-electron chi connectivity index (χ0n) is 15.7. The number of nitrogens with zero attached hydrogens (tertiary/aromatic N) is 4. The average Bonchev–Trinajstić information content (AvgIpc) is 3.33. The van der Waals surface area contributed by atoms with E-state index in [-0.39, 0.29) is 0 Å². The summed E-state index contributed by atoms with van der Waals surface area (Å²) in [5, 5.41) is 18.9. The van der Waals surface area contributed by atoms with E-state index < -0.39 is 4.87 Å². The van der Waals surface area contributed by atoms with Crippen molar-refractivity contribution in [2.45, 2.75) is 24.6 Å². The molecule has 0 saturated heterocycles. The fourth-order valence-corrected chi connectivity index (χ4v) is 5.92. The Labute approximate surface area is 187 Å². The summed E-state index contributed by atoms with van der Waals surface area (Å²) >= 11 is 16.0. The summed E-state index contributed by atoms with van der Waals surface area (Å²) in [5.74, 6) is 0. The van der Waals surface area contributed by atoms with E-state index in [1.807, 2.05) is 42.3 Å². The van der Waals surface area contributed by atoms with Crippen LogP contribution in [-0.4, -0.2) is 21.8 Å². The smallest absolute Gasteiger partial charge is 0.230 e. The lowest BCUT2D eigenvalue weighted by molar-refractivity contribution is 0.525. The Kier molecular flexibility index (Phi) is 6.13. The first kappa shape index (κ1) is 20.6. The largest absolute Gasteiger partial charge is 0.330 e. The van der Waals surface area contributed by atoms with E-state index in [1.165, 1.54) is 11.3 Å². The average molecular weight is 464 g/mol. The summed E-state index contributed by atoms with van der Waals surface area (Å²) in [6.45, 7) is 2.53. The number of aryl methyl sites for hydroxylation is 1. The SMILES string of the molecule is Cc1nnc(N2N=C(c3cccc(Cl)c3Cl)SC2(CCCN)c2ccccc2)s1. The van der Waals surface area contributed by atoms with E-state index in [1.54, 1.807) is 17.8 Å². The van der Waals surface area contributed by atoms with Crippen molar-refractivity contribution in [2.75, 3.05) is 11.6 Å². The lowest BCUT2D eigenvalue weighted by Gasteiger charge is -2.35. The lowest BCUT2D eigenvalue weighted by Crippen LogP contribution is -2.38. The highest BCUT2D eigenvalue weighted by Crippen LogP contribution is 2.53. The zero-order chi connectivity index (χ0) is 20.4. The predicted molar refractivity (Wildman–Crippen MR) is 124 cm³/mol. The highest BCUT2D eigenvalue weighted by Gasteiger charge is 2.47. The van der Waals surface area contributed by atoms with E-state index in [0.717, 1.165) is 39.2 Å². The first-order valence-electron chi connectivity index (χ1n) is 9.13. The highest BCUT2D eigenvalue weighted by molar-refractivity contribution is 8.15. The molecule has 0 spiro atoms. The van der Waals surface area contributed by atoms with Crippen LogP contribution in [0.15, 0.2) is 53.6 Å². The van der Waals surface area contributed by atoms with Crippen molar-refractivity contribution < 1.29 is 0 Å². The number of aromatic nitrogens is 2. The van der Waals surface area contributed by atoms with Crippen LogP contribution in [0, 0.1) is 6.92 Å². The molecule has 1 aliphatic rings. The summed E-state index contributed by atoms with van der Waals surface area (Å²) in [6.07, 6.45) is 1.63. The fraction of sp³-hybridized carbons (Fsp3) is 0.250. The summed E-state index contributed by atoms with van der Waals surface area (Å²) < 4.78 is 0. The molecule has 2 heterocycles. The van der Waals surface area contributed by atoms with Gasteiger partial charge in [0.1, 0.15) is 14.9 Å². The molecule has 1 unspecified atom stereocenters.